The van der Waals surface area contributed by atoms with E-state index in [0.717, 1.165) is 12.6 Å². The van der Waals surface area contributed by atoms with Gasteiger partial charge in [0.25, 0.3) is 0 Å². The van der Waals surface area contributed by atoms with Crippen molar-refractivity contribution in [3.63, 3.8) is 0 Å². The van der Waals surface area contributed by atoms with Gasteiger partial charge in [0.15, 0.2) is 0 Å². The molecule has 0 saturated heterocycles. The molecule has 0 aromatic carbocycles. The molecular weight excluding hydrogens is 278 g/mol. The zero-order chi connectivity index (χ0) is 13.6. The largest absolute Gasteiger partial charge is 0.355 e. The van der Waals surface area contributed by atoms with Crippen LogP contribution in [-0.4, -0.2) is 32.4 Å². The molecular formula is C10H14ClN3O3S. The van der Waals surface area contributed by atoms with Crippen molar-refractivity contribution in [2.24, 2.45) is 0 Å². The second-order valence-electron chi connectivity index (χ2n) is 3.48. The van der Waals surface area contributed by atoms with Crippen molar-refractivity contribution in [1.82, 2.24) is 15.0 Å². The second kappa shape index (κ2) is 6.67. The minimum absolute atomic E-state index is 0.0615. The summed E-state index contributed by atoms with van der Waals surface area (Å²) >= 11 is 5.75. The minimum Gasteiger partial charge on any atom is -0.355 e. The predicted octanol–water partition coefficient (Wildman–Crippen LogP) is 0.540. The fourth-order valence-corrected chi connectivity index (χ4v) is 2.54. The average molecular weight is 292 g/mol. The van der Waals surface area contributed by atoms with E-state index in [1.165, 1.54) is 12.3 Å². The van der Waals surface area contributed by atoms with Gasteiger partial charge in [0.1, 0.15) is 4.90 Å². The molecule has 100 valence electrons. The molecule has 0 saturated carbocycles. The third-order valence-corrected chi connectivity index (χ3v) is 3.89. The van der Waals surface area contributed by atoms with Crippen LogP contribution in [0.2, 0.25) is 5.02 Å². The lowest BCUT2D eigenvalue weighted by molar-refractivity contribution is -0.119. The Hall–Kier alpha value is -1.18. The molecule has 1 aromatic heterocycles. The van der Waals surface area contributed by atoms with Gasteiger partial charge in [0.05, 0.1) is 11.6 Å². The summed E-state index contributed by atoms with van der Waals surface area (Å²) in [4.78, 5) is 14.8. The molecule has 0 atom stereocenters. The summed E-state index contributed by atoms with van der Waals surface area (Å²) in [7, 11) is -3.82. The number of pyridine rings is 1. The molecule has 6 nitrogen and oxygen atoms in total. The van der Waals surface area contributed by atoms with E-state index in [1.807, 2.05) is 6.92 Å². The van der Waals surface area contributed by atoms with Gasteiger partial charge in [-0.25, -0.2) is 13.1 Å². The van der Waals surface area contributed by atoms with Crippen molar-refractivity contribution < 1.29 is 13.2 Å². The standard InChI is InChI=1S/C10H14ClN3O3S/c1-2-4-13-10(15)7-14-18(16,17)9-6-12-5-3-8(9)11/h3,5-6,14H,2,4,7H2,1H3,(H,13,15). The molecule has 0 aliphatic heterocycles. The lowest BCUT2D eigenvalue weighted by Crippen LogP contribution is -2.37. The highest BCUT2D eigenvalue weighted by Gasteiger charge is 2.18. The lowest BCUT2D eigenvalue weighted by Gasteiger charge is -2.07. The predicted molar refractivity (Wildman–Crippen MR) is 67.7 cm³/mol. The van der Waals surface area contributed by atoms with E-state index in [4.69, 9.17) is 11.6 Å². The molecule has 0 bridgehead atoms. The number of carbonyl (C=O) groups excluding carboxylic acids is 1. The summed E-state index contributed by atoms with van der Waals surface area (Å²) in [5, 5.41) is 2.62. The summed E-state index contributed by atoms with van der Waals surface area (Å²) in [6.07, 6.45) is 3.30. The summed E-state index contributed by atoms with van der Waals surface area (Å²) in [6.45, 7) is 2.08. The van der Waals surface area contributed by atoms with Crippen LogP contribution < -0.4 is 10.0 Å². The minimum atomic E-state index is -3.82. The van der Waals surface area contributed by atoms with Crippen molar-refractivity contribution in [3.05, 3.63) is 23.5 Å². The van der Waals surface area contributed by atoms with E-state index in [1.54, 1.807) is 0 Å². The van der Waals surface area contributed by atoms with E-state index in [0.29, 0.717) is 6.54 Å². The maximum atomic E-state index is 11.8. The fraction of sp³-hybridized carbons (Fsp3) is 0.400. The highest BCUT2D eigenvalue weighted by atomic mass is 35.5. The first kappa shape index (κ1) is 14.9. The summed E-state index contributed by atoms with van der Waals surface area (Å²) in [6, 6.07) is 1.37. The van der Waals surface area contributed by atoms with Crippen LogP contribution in [0, 0.1) is 0 Å². The lowest BCUT2D eigenvalue weighted by atomic mass is 10.5. The molecule has 18 heavy (non-hydrogen) atoms. The third-order valence-electron chi connectivity index (χ3n) is 2.02. The zero-order valence-electron chi connectivity index (χ0n) is 9.81. The SMILES string of the molecule is CCCNC(=O)CNS(=O)(=O)c1cnccc1Cl. The van der Waals surface area contributed by atoms with Crippen molar-refractivity contribution in [1.29, 1.82) is 0 Å². The van der Waals surface area contributed by atoms with Crippen LogP contribution in [0.3, 0.4) is 0 Å². The van der Waals surface area contributed by atoms with Gasteiger partial charge in [-0.1, -0.05) is 18.5 Å². The van der Waals surface area contributed by atoms with Crippen molar-refractivity contribution >= 4 is 27.5 Å². The number of nitrogens with one attached hydrogen (secondary N) is 2. The molecule has 2 N–H and O–H groups in total. The highest BCUT2D eigenvalue weighted by Crippen LogP contribution is 2.18. The average Bonchev–Trinajstić information content (AvgIpc) is 2.34. The molecule has 1 heterocycles. The van der Waals surface area contributed by atoms with E-state index in [9.17, 15) is 13.2 Å². The van der Waals surface area contributed by atoms with Crippen molar-refractivity contribution in [2.75, 3.05) is 13.1 Å². The van der Waals surface area contributed by atoms with Crippen LogP contribution in [0.25, 0.3) is 0 Å². The normalized spacial score (nSPS) is 11.2. The number of hydrogen-bond acceptors (Lipinski definition) is 4. The molecule has 0 radical (unpaired) electrons. The van der Waals surface area contributed by atoms with Gasteiger partial charge in [0, 0.05) is 18.9 Å². The number of halogens is 1. The van der Waals surface area contributed by atoms with Gasteiger partial charge in [-0.2, -0.15) is 0 Å². The van der Waals surface area contributed by atoms with E-state index in [2.05, 4.69) is 15.0 Å². The Labute approximate surface area is 111 Å². The first-order chi connectivity index (χ1) is 8.47. The van der Waals surface area contributed by atoms with E-state index < -0.39 is 10.0 Å². The molecule has 8 heteroatoms. The van der Waals surface area contributed by atoms with Gasteiger partial charge in [-0.15, -0.1) is 0 Å². The van der Waals surface area contributed by atoms with Gasteiger partial charge >= 0.3 is 0 Å². The maximum Gasteiger partial charge on any atom is 0.244 e. The van der Waals surface area contributed by atoms with Crippen LogP contribution in [-0.2, 0) is 14.8 Å². The monoisotopic (exact) mass is 291 g/mol. The maximum absolute atomic E-state index is 11.8. The third kappa shape index (κ3) is 4.25. The first-order valence-electron chi connectivity index (χ1n) is 5.33. The smallest absolute Gasteiger partial charge is 0.244 e. The second-order valence-corrected chi connectivity index (χ2v) is 5.62. The quantitative estimate of drug-likeness (QED) is 0.801. The number of sulfonamides is 1. The van der Waals surface area contributed by atoms with E-state index >= 15 is 0 Å². The van der Waals surface area contributed by atoms with Crippen molar-refractivity contribution in [2.45, 2.75) is 18.2 Å². The number of aromatic nitrogens is 1. The Morgan fingerprint density at radius 1 is 1.50 bits per heavy atom. The molecule has 0 aliphatic rings. The molecule has 1 amide bonds. The van der Waals surface area contributed by atoms with Crippen molar-refractivity contribution in [3.8, 4) is 0 Å². The molecule has 0 unspecified atom stereocenters. The van der Waals surface area contributed by atoms with Crippen LogP contribution >= 0.6 is 11.6 Å². The Kier molecular flexibility index (Phi) is 5.52. The van der Waals surface area contributed by atoms with Crippen LogP contribution in [0.4, 0.5) is 0 Å². The van der Waals surface area contributed by atoms with Crippen LogP contribution in [0.5, 0.6) is 0 Å². The summed E-state index contributed by atoms with van der Waals surface area (Å²) in [5.74, 6) is -0.388. The number of carbonyl (C=O) groups is 1. The fourth-order valence-electron chi connectivity index (χ4n) is 1.13. The molecule has 0 aliphatic carbocycles. The Bertz CT molecular complexity index is 519. The Balaban J connectivity index is 2.67. The Morgan fingerprint density at radius 3 is 2.83 bits per heavy atom. The zero-order valence-corrected chi connectivity index (χ0v) is 11.4. The Morgan fingerprint density at radius 2 is 2.22 bits per heavy atom. The van der Waals surface area contributed by atoms with Crippen LogP contribution in [0.1, 0.15) is 13.3 Å². The van der Waals surface area contributed by atoms with Gasteiger partial charge in [-0.05, 0) is 12.5 Å². The first-order valence-corrected chi connectivity index (χ1v) is 7.19. The van der Waals surface area contributed by atoms with Gasteiger partial charge in [0.2, 0.25) is 15.9 Å². The van der Waals surface area contributed by atoms with E-state index in [-0.39, 0.29) is 22.4 Å². The summed E-state index contributed by atoms with van der Waals surface area (Å²) < 4.78 is 25.8. The number of rotatable bonds is 6. The number of hydrogen-bond donors (Lipinski definition) is 2. The highest BCUT2D eigenvalue weighted by molar-refractivity contribution is 7.89. The molecule has 1 rings (SSSR count). The van der Waals surface area contributed by atoms with Gasteiger partial charge < -0.3 is 5.32 Å². The number of nitrogens with zero attached hydrogens (tertiary/aromatic N) is 1. The number of amides is 1. The summed E-state index contributed by atoms with van der Waals surface area (Å²) in [5.41, 5.74) is 0. The van der Waals surface area contributed by atoms with Gasteiger partial charge in [-0.3, -0.25) is 9.78 Å². The molecule has 0 fully saturated rings. The molecule has 0 spiro atoms. The topological polar surface area (TPSA) is 88.2 Å². The molecule has 1 aromatic rings. The van der Waals surface area contributed by atoms with Crippen LogP contribution in [0.15, 0.2) is 23.4 Å².